The maximum absolute atomic E-state index is 12.5. The number of anilines is 1. The lowest BCUT2D eigenvalue weighted by Crippen LogP contribution is -2.38. The van der Waals surface area contributed by atoms with E-state index in [9.17, 15) is 4.79 Å². The van der Waals surface area contributed by atoms with Crippen molar-refractivity contribution in [2.75, 3.05) is 25.0 Å². The second kappa shape index (κ2) is 7.95. The third kappa shape index (κ3) is 3.70. The Bertz CT molecular complexity index is 1100. The largest absolute Gasteiger partial charge is 0.350 e. The molecule has 0 aromatic carbocycles. The van der Waals surface area contributed by atoms with Gasteiger partial charge in [0.15, 0.2) is 5.82 Å². The van der Waals surface area contributed by atoms with E-state index in [1.807, 2.05) is 12.1 Å². The zero-order valence-electron chi connectivity index (χ0n) is 17.1. The number of likely N-dealkylation sites (N-methyl/N-ethyl adjacent to an activating group) is 1. The highest BCUT2D eigenvalue weighted by Gasteiger charge is 2.28. The predicted octanol–water partition coefficient (Wildman–Crippen LogP) is 1.75. The highest BCUT2D eigenvalue weighted by Crippen LogP contribution is 2.27. The molecule has 1 unspecified atom stereocenters. The lowest BCUT2D eigenvalue weighted by molar-refractivity contribution is 0.308. The number of aromatic nitrogens is 5. The molecule has 2 aliphatic heterocycles. The Morgan fingerprint density at radius 3 is 2.97 bits per heavy atom. The fraction of sp³-hybridized carbons (Fsp3) is 0.409. The average Bonchev–Trinajstić information content (AvgIpc) is 3.23. The molecule has 0 aliphatic carbocycles. The summed E-state index contributed by atoms with van der Waals surface area (Å²) < 4.78 is 1.57. The van der Waals surface area contributed by atoms with Gasteiger partial charge in [-0.1, -0.05) is 0 Å². The van der Waals surface area contributed by atoms with Crippen molar-refractivity contribution in [3.8, 4) is 11.3 Å². The van der Waals surface area contributed by atoms with Crippen LogP contribution in [-0.4, -0.2) is 56.0 Å². The summed E-state index contributed by atoms with van der Waals surface area (Å²) in [6.07, 6.45) is 6.51. The smallest absolute Gasteiger partial charge is 0.266 e. The summed E-state index contributed by atoms with van der Waals surface area (Å²) in [5.41, 5.74) is 3.93. The molecule has 0 N–H and O–H groups in total. The van der Waals surface area contributed by atoms with Crippen LogP contribution >= 0.6 is 0 Å². The van der Waals surface area contributed by atoms with E-state index < -0.39 is 0 Å². The molecular formula is C22H25N7O. The van der Waals surface area contributed by atoms with Gasteiger partial charge in [-0.3, -0.25) is 9.78 Å². The number of nitrogens with zero attached hydrogens (tertiary/aromatic N) is 7. The SMILES string of the molecule is CN1CCc2nnc(N3CCCC3Cn3nc(-c4cccnc4)ccc3=O)cc2C1. The molecule has 1 fully saturated rings. The Hall–Kier alpha value is -3.13. The van der Waals surface area contributed by atoms with Crippen molar-refractivity contribution in [2.24, 2.45) is 0 Å². The van der Waals surface area contributed by atoms with Crippen LogP contribution in [0.2, 0.25) is 0 Å². The van der Waals surface area contributed by atoms with Crippen molar-refractivity contribution in [1.29, 1.82) is 0 Å². The van der Waals surface area contributed by atoms with Gasteiger partial charge in [0.05, 0.1) is 24.0 Å². The number of hydrogen-bond donors (Lipinski definition) is 0. The van der Waals surface area contributed by atoms with E-state index in [2.05, 4.69) is 43.2 Å². The minimum atomic E-state index is -0.0901. The zero-order valence-corrected chi connectivity index (χ0v) is 17.1. The molecule has 0 bridgehead atoms. The Labute approximate surface area is 175 Å². The van der Waals surface area contributed by atoms with Crippen molar-refractivity contribution < 1.29 is 0 Å². The summed E-state index contributed by atoms with van der Waals surface area (Å²) in [5, 5.41) is 13.6. The van der Waals surface area contributed by atoms with Gasteiger partial charge < -0.3 is 9.80 Å². The molecule has 154 valence electrons. The topological polar surface area (TPSA) is 80.0 Å². The van der Waals surface area contributed by atoms with Crippen molar-refractivity contribution in [3.63, 3.8) is 0 Å². The van der Waals surface area contributed by atoms with Crippen molar-refractivity contribution in [3.05, 3.63) is 64.3 Å². The molecule has 0 radical (unpaired) electrons. The summed E-state index contributed by atoms with van der Waals surface area (Å²) in [6, 6.07) is 9.52. The second-order valence-corrected chi connectivity index (χ2v) is 8.13. The van der Waals surface area contributed by atoms with Gasteiger partial charge in [-0.15, -0.1) is 5.10 Å². The van der Waals surface area contributed by atoms with Gasteiger partial charge in [-0.2, -0.15) is 10.2 Å². The number of hydrogen-bond acceptors (Lipinski definition) is 7. The first-order valence-corrected chi connectivity index (χ1v) is 10.5. The van der Waals surface area contributed by atoms with Gasteiger partial charge in [0.2, 0.25) is 0 Å². The lowest BCUT2D eigenvalue weighted by Gasteiger charge is -2.28. The average molecular weight is 403 g/mol. The molecule has 1 saturated heterocycles. The Balaban J connectivity index is 1.40. The third-order valence-corrected chi connectivity index (χ3v) is 6.00. The van der Waals surface area contributed by atoms with E-state index in [0.29, 0.717) is 6.54 Å². The molecule has 2 aliphatic rings. The first kappa shape index (κ1) is 18.9. The van der Waals surface area contributed by atoms with Crippen LogP contribution in [0.1, 0.15) is 24.1 Å². The van der Waals surface area contributed by atoms with Gasteiger partial charge >= 0.3 is 0 Å². The molecule has 0 saturated carbocycles. The third-order valence-electron chi connectivity index (χ3n) is 6.00. The molecule has 8 nitrogen and oxygen atoms in total. The predicted molar refractivity (Wildman–Crippen MR) is 114 cm³/mol. The summed E-state index contributed by atoms with van der Waals surface area (Å²) in [4.78, 5) is 21.2. The Morgan fingerprint density at radius 2 is 2.10 bits per heavy atom. The maximum atomic E-state index is 12.5. The fourth-order valence-corrected chi connectivity index (χ4v) is 4.37. The minimum absolute atomic E-state index is 0.0901. The van der Waals surface area contributed by atoms with Gasteiger partial charge in [0, 0.05) is 50.1 Å². The quantitative estimate of drug-likeness (QED) is 0.657. The van der Waals surface area contributed by atoms with Crippen molar-refractivity contribution in [2.45, 2.75) is 38.4 Å². The van der Waals surface area contributed by atoms with E-state index in [1.54, 1.807) is 29.2 Å². The van der Waals surface area contributed by atoms with Crippen LogP contribution < -0.4 is 10.5 Å². The monoisotopic (exact) mass is 403 g/mol. The highest BCUT2D eigenvalue weighted by molar-refractivity contribution is 5.56. The molecule has 30 heavy (non-hydrogen) atoms. The normalized spacial score (nSPS) is 19.1. The molecule has 0 spiro atoms. The van der Waals surface area contributed by atoms with Gasteiger partial charge in [-0.25, -0.2) is 4.68 Å². The van der Waals surface area contributed by atoms with E-state index in [1.165, 1.54) is 5.56 Å². The minimum Gasteiger partial charge on any atom is -0.350 e. The van der Waals surface area contributed by atoms with E-state index in [4.69, 9.17) is 0 Å². The molecule has 1 atom stereocenters. The Kier molecular flexibility index (Phi) is 5.00. The van der Waals surface area contributed by atoms with Crippen LogP contribution in [-0.2, 0) is 19.5 Å². The van der Waals surface area contributed by atoms with Crippen molar-refractivity contribution in [1.82, 2.24) is 29.9 Å². The fourth-order valence-electron chi connectivity index (χ4n) is 4.37. The summed E-state index contributed by atoms with van der Waals surface area (Å²) in [5.74, 6) is 0.906. The molecule has 3 aromatic rings. The van der Waals surface area contributed by atoms with Gasteiger partial charge in [0.1, 0.15) is 0 Å². The summed E-state index contributed by atoms with van der Waals surface area (Å²) >= 11 is 0. The van der Waals surface area contributed by atoms with Crippen LogP contribution in [0.3, 0.4) is 0 Å². The first-order valence-electron chi connectivity index (χ1n) is 10.5. The van der Waals surface area contributed by atoms with E-state index >= 15 is 0 Å². The standard InChI is InChI=1S/C22H25N7O/c1-27-11-8-19-17(14-27)12-21(25-24-19)28-10-3-5-18(28)15-29-22(30)7-6-20(26-29)16-4-2-9-23-13-16/h2,4,6-7,9,12-13,18H,3,5,8,10-11,14-15H2,1H3. The molecular weight excluding hydrogens is 378 g/mol. The molecule has 3 aromatic heterocycles. The summed E-state index contributed by atoms with van der Waals surface area (Å²) in [7, 11) is 2.13. The highest BCUT2D eigenvalue weighted by atomic mass is 16.1. The Morgan fingerprint density at radius 1 is 1.17 bits per heavy atom. The number of pyridine rings is 1. The maximum Gasteiger partial charge on any atom is 0.266 e. The molecule has 5 heterocycles. The zero-order chi connectivity index (χ0) is 20.5. The van der Waals surface area contributed by atoms with Gasteiger partial charge in [0.25, 0.3) is 5.56 Å². The van der Waals surface area contributed by atoms with Crippen LogP contribution in [0.5, 0.6) is 0 Å². The first-order chi connectivity index (χ1) is 14.7. The van der Waals surface area contributed by atoms with Crippen LogP contribution in [0.15, 0.2) is 47.5 Å². The van der Waals surface area contributed by atoms with Crippen LogP contribution in [0.25, 0.3) is 11.3 Å². The molecule has 5 rings (SSSR count). The second-order valence-electron chi connectivity index (χ2n) is 8.13. The number of rotatable bonds is 4. The van der Waals surface area contributed by atoms with Crippen LogP contribution in [0, 0.1) is 0 Å². The molecule has 8 heteroatoms. The molecule has 0 amide bonds. The van der Waals surface area contributed by atoms with E-state index in [-0.39, 0.29) is 11.6 Å². The van der Waals surface area contributed by atoms with Gasteiger partial charge in [-0.05, 0) is 49.7 Å². The van der Waals surface area contributed by atoms with Crippen LogP contribution in [0.4, 0.5) is 5.82 Å². The summed E-state index contributed by atoms with van der Waals surface area (Å²) in [6.45, 7) is 3.39. The number of fused-ring (bicyclic) bond motifs is 1. The van der Waals surface area contributed by atoms with E-state index in [0.717, 1.165) is 61.7 Å². The van der Waals surface area contributed by atoms with Crippen molar-refractivity contribution >= 4 is 5.82 Å². The lowest BCUT2D eigenvalue weighted by atomic mass is 10.1.